The third-order valence-corrected chi connectivity index (χ3v) is 11.7. The van der Waals surface area contributed by atoms with Crippen LogP contribution in [-0.2, 0) is 10.4 Å². The van der Waals surface area contributed by atoms with Crippen molar-refractivity contribution in [3.8, 4) is 28.1 Å². The molecule has 0 bridgehead atoms. The lowest BCUT2D eigenvalue weighted by molar-refractivity contribution is 0.0842. The molecule has 0 radical (unpaired) electrons. The minimum absolute atomic E-state index is 0.254. The molecule has 5 heteroatoms. The fraction of sp³-hybridized carbons (Fsp3) is 0.0962. The average molecular weight is 737 g/mol. The van der Waals surface area contributed by atoms with E-state index in [-0.39, 0.29) is 5.54 Å². The van der Waals surface area contributed by atoms with Gasteiger partial charge in [-0.2, -0.15) is 5.06 Å². The number of hydroxylamine groups is 1. The summed E-state index contributed by atoms with van der Waals surface area (Å²) in [6, 6.07) is 65.8. The van der Waals surface area contributed by atoms with Gasteiger partial charge < -0.3 is 0 Å². The molecule has 5 nitrogen and oxygen atoms in total. The monoisotopic (exact) mass is 736 g/mol. The van der Waals surface area contributed by atoms with Gasteiger partial charge in [0.1, 0.15) is 5.82 Å². The first-order chi connectivity index (χ1) is 27.9. The lowest BCUT2D eigenvalue weighted by atomic mass is 9.67. The minimum Gasteiger partial charge on any atom is -0.294 e. The predicted molar refractivity (Wildman–Crippen MR) is 233 cm³/mol. The molecule has 0 unspecified atom stereocenters. The Morgan fingerprint density at radius 1 is 0.509 bits per heavy atom. The summed E-state index contributed by atoms with van der Waals surface area (Å²) in [5.41, 5.74) is 14.0. The van der Waals surface area contributed by atoms with Gasteiger partial charge in [-0.05, 0) is 114 Å². The Balaban J connectivity index is 1.17. The highest BCUT2D eigenvalue weighted by Crippen LogP contribution is 2.57. The summed E-state index contributed by atoms with van der Waals surface area (Å²) in [4.78, 5) is 11.8. The quantitative estimate of drug-likeness (QED) is 0.176. The Morgan fingerprint density at radius 2 is 1.16 bits per heavy atom. The number of pyridine rings is 1. The smallest absolute Gasteiger partial charge is 0.138 e. The molecule has 3 heterocycles. The number of nitrogens with zero attached hydrogens (tertiary/aromatic N) is 4. The van der Waals surface area contributed by atoms with Gasteiger partial charge in [0, 0.05) is 17.0 Å². The van der Waals surface area contributed by atoms with Crippen LogP contribution in [0.15, 0.2) is 188 Å². The van der Waals surface area contributed by atoms with Gasteiger partial charge >= 0.3 is 0 Å². The average Bonchev–Trinajstić information content (AvgIpc) is 3.91. The number of fused-ring (bicyclic) bond motifs is 7. The molecule has 1 aliphatic carbocycles. The van der Waals surface area contributed by atoms with Crippen LogP contribution in [0.3, 0.4) is 0 Å². The Kier molecular flexibility index (Phi) is 7.34. The molecule has 0 N–H and O–H groups in total. The fourth-order valence-electron chi connectivity index (χ4n) is 9.34. The van der Waals surface area contributed by atoms with E-state index in [4.69, 9.17) is 9.92 Å². The van der Waals surface area contributed by atoms with Crippen molar-refractivity contribution in [2.45, 2.75) is 31.7 Å². The zero-order valence-corrected chi connectivity index (χ0v) is 32.1. The van der Waals surface area contributed by atoms with Crippen molar-refractivity contribution in [3.05, 3.63) is 210 Å². The molecule has 0 saturated carbocycles. The van der Waals surface area contributed by atoms with Crippen molar-refractivity contribution in [1.29, 1.82) is 0 Å². The molecule has 2 aliphatic rings. The molecule has 0 fully saturated rings. The summed E-state index contributed by atoms with van der Waals surface area (Å²) in [5, 5.41) is 6.38. The maximum atomic E-state index is 6.73. The van der Waals surface area contributed by atoms with Crippen LogP contribution in [0, 0.1) is 0 Å². The summed E-state index contributed by atoms with van der Waals surface area (Å²) < 4.78 is 2.34. The van der Waals surface area contributed by atoms with Crippen LogP contribution in [0.2, 0.25) is 0 Å². The van der Waals surface area contributed by atoms with Gasteiger partial charge in [-0.15, -0.1) is 4.94 Å². The van der Waals surface area contributed by atoms with Crippen LogP contribution in [0.25, 0.3) is 49.9 Å². The van der Waals surface area contributed by atoms with Crippen LogP contribution in [0.4, 0.5) is 17.1 Å². The van der Waals surface area contributed by atoms with Crippen molar-refractivity contribution >= 4 is 38.9 Å². The summed E-state index contributed by atoms with van der Waals surface area (Å²) >= 11 is 0. The first-order valence-electron chi connectivity index (χ1n) is 19.6. The maximum Gasteiger partial charge on any atom is 0.138 e. The second-order valence-corrected chi connectivity index (χ2v) is 16.1. The minimum atomic E-state index is -0.638. The van der Waals surface area contributed by atoms with Gasteiger partial charge in [0.25, 0.3) is 0 Å². The van der Waals surface area contributed by atoms with E-state index in [1.165, 1.54) is 44.2 Å². The van der Waals surface area contributed by atoms with Crippen molar-refractivity contribution in [1.82, 2.24) is 9.55 Å². The first-order valence-corrected chi connectivity index (χ1v) is 19.6. The van der Waals surface area contributed by atoms with E-state index in [0.717, 1.165) is 45.0 Å². The second-order valence-electron chi connectivity index (χ2n) is 16.1. The summed E-state index contributed by atoms with van der Waals surface area (Å²) in [6.45, 7) is 6.52. The molecule has 0 spiro atoms. The molecular formula is C52H40N4O. The number of anilines is 3. The predicted octanol–water partition coefficient (Wildman–Crippen LogP) is 12.8. The topological polar surface area (TPSA) is 33.5 Å². The van der Waals surface area contributed by atoms with Gasteiger partial charge in [-0.3, -0.25) is 4.57 Å². The lowest BCUT2D eigenvalue weighted by Crippen LogP contribution is -2.41. The maximum absolute atomic E-state index is 6.73. The normalized spacial score (nSPS) is 14.2. The Bertz CT molecular complexity index is 2970. The molecule has 0 atom stereocenters. The van der Waals surface area contributed by atoms with Crippen LogP contribution in [-0.4, -0.2) is 15.1 Å². The largest absolute Gasteiger partial charge is 0.294 e. The Labute approximate surface area is 332 Å². The van der Waals surface area contributed by atoms with Gasteiger partial charge in [0.15, 0.2) is 0 Å². The third kappa shape index (κ3) is 4.95. The Hall–Kier alpha value is -6.95. The molecule has 0 saturated heterocycles. The summed E-state index contributed by atoms with van der Waals surface area (Å²) in [6.07, 6.45) is 1.93. The van der Waals surface area contributed by atoms with E-state index in [2.05, 4.69) is 207 Å². The van der Waals surface area contributed by atoms with E-state index < -0.39 is 5.41 Å². The van der Waals surface area contributed by atoms with Crippen molar-refractivity contribution in [2.24, 2.45) is 0 Å². The molecule has 2 aromatic heterocycles. The Morgan fingerprint density at radius 3 is 1.93 bits per heavy atom. The zero-order chi connectivity index (χ0) is 38.3. The lowest BCUT2D eigenvalue weighted by Gasteiger charge is -2.35. The van der Waals surface area contributed by atoms with Crippen LogP contribution in [0.5, 0.6) is 0 Å². The van der Waals surface area contributed by atoms with Crippen molar-refractivity contribution in [2.75, 3.05) is 10.1 Å². The van der Waals surface area contributed by atoms with Gasteiger partial charge in [-0.25, -0.2) is 10.0 Å². The van der Waals surface area contributed by atoms with E-state index in [1.54, 1.807) is 0 Å². The van der Waals surface area contributed by atoms with Gasteiger partial charge in [0.2, 0.25) is 0 Å². The van der Waals surface area contributed by atoms with Crippen molar-refractivity contribution < 1.29 is 4.94 Å². The van der Waals surface area contributed by atoms with E-state index in [0.29, 0.717) is 0 Å². The number of rotatable bonds is 5. The number of benzene rings is 7. The first kappa shape index (κ1) is 33.4. The van der Waals surface area contributed by atoms with E-state index in [9.17, 15) is 0 Å². The highest BCUT2D eigenvalue weighted by molar-refractivity contribution is 6.09. The molecule has 1 aliphatic heterocycles. The van der Waals surface area contributed by atoms with Gasteiger partial charge in [-0.1, -0.05) is 133 Å². The molecule has 274 valence electrons. The molecular weight excluding hydrogens is 697 g/mol. The highest BCUT2D eigenvalue weighted by Gasteiger charge is 2.47. The van der Waals surface area contributed by atoms with Crippen LogP contribution >= 0.6 is 0 Å². The van der Waals surface area contributed by atoms with E-state index in [1.807, 2.05) is 16.3 Å². The molecule has 57 heavy (non-hydrogen) atoms. The summed E-state index contributed by atoms with van der Waals surface area (Å²) in [5.74, 6) is 0.885. The zero-order valence-electron chi connectivity index (χ0n) is 32.1. The van der Waals surface area contributed by atoms with Crippen LogP contribution in [0.1, 0.15) is 43.0 Å². The van der Waals surface area contributed by atoms with E-state index >= 15 is 0 Å². The number of hydrogen-bond acceptors (Lipinski definition) is 4. The van der Waals surface area contributed by atoms with Crippen LogP contribution < -0.4 is 10.1 Å². The second kappa shape index (κ2) is 12.5. The SMILES string of the molecule is CC(C)(C)N1ON(c2cccc(C3(c4ccc5c6ccccc6n(-c6cc(-c7ccccc7)ccn6)c5c4)c4ccccc4-c4ccccc43)c2)c2ccccc21. The summed E-state index contributed by atoms with van der Waals surface area (Å²) in [7, 11) is 0. The number of para-hydroxylation sites is 3. The molecule has 7 aromatic carbocycles. The molecule has 11 rings (SSSR count). The highest BCUT2D eigenvalue weighted by atomic mass is 16.8. The molecule has 0 amide bonds. The molecule has 9 aromatic rings. The third-order valence-electron chi connectivity index (χ3n) is 11.7. The standard InChI is InChI=1S/C52H40N4O/c1-51(2,3)56-48-27-14-13-26-47(48)55(57-56)39-19-15-18-37(33-39)52(44-23-10-7-20-40(44)41-21-8-11-24-45(41)52)38-28-29-43-42-22-9-12-25-46(42)54(49(43)34-38)50-32-36(30-31-53-50)35-16-5-4-6-17-35/h4-34H,1-3H3. The number of aromatic nitrogens is 2. The fourth-order valence-corrected chi connectivity index (χ4v) is 9.34. The number of hydrogen-bond donors (Lipinski definition) is 0. The van der Waals surface area contributed by atoms with Gasteiger partial charge in [0.05, 0.1) is 39.0 Å². The van der Waals surface area contributed by atoms with Crippen molar-refractivity contribution in [3.63, 3.8) is 0 Å².